The van der Waals surface area contributed by atoms with Crippen molar-refractivity contribution in [1.82, 2.24) is 9.88 Å². The minimum atomic E-state index is -0.380. The standard InChI is InChI=1S/C18H20ClN3O2/c1-4-22(5-2)18(24)15-8-6-7-14(20-15)17(23)21-16-11-13(19)10-9-12(16)3/h6-11H,4-5H2,1-3H3,(H,21,23). The molecule has 0 aliphatic carbocycles. The summed E-state index contributed by atoms with van der Waals surface area (Å²) < 4.78 is 0. The number of hydrogen-bond acceptors (Lipinski definition) is 3. The van der Waals surface area contributed by atoms with Crippen LogP contribution in [0.2, 0.25) is 5.02 Å². The van der Waals surface area contributed by atoms with Gasteiger partial charge in [0.2, 0.25) is 0 Å². The molecule has 0 bridgehead atoms. The quantitative estimate of drug-likeness (QED) is 0.897. The van der Waals surface area contributed by atoms with E-state index in [1.807, 2.05) is 26.8 Å². The molecule has 126 valence electrons. The van der Waals surface area contributed by atoms with E-state index < -0.39 is 0 Å². The van der Waals surface area contributed by atoms with Gasteiger partial charge >= 0.3 is 0 Å². The fourth-order valence-corrected chi connectivity index (χ4v) is 2.44. The smallest absolute Gasteiger partial charge is 0.274 e. The van der Waals surface area contributed by atoms with Crippen LogP contribution >= 0.6 is 11.6 Å². The van der Waals surface area contributed by atoms with Crippen LogP contribution in [-0.4, -0.2) is 34.8 Å². The van der Waals surface area contributed by atoms with Crippen molar-refractivity contribution in [2.75, 3.05) is 18.4 Å². The minimum Gasteiger partial charge on any atom is -0.338 e. The number of benzene rings is 1. The number of halogens is 1. The summed E-state index contributed by atoms with van der Waals surface area (Å²) in [6, 6.07) is 10.1. The van der Waals surface area contributed by atoms with Gasteiger partial charge in [0.15, 0.2) is 0 Å². The Morgan fingerprint density at radius 1 is 1.12 bits per heavy atom. The summed E-state index contributed by atoms with van der Waals surface area (Å²) in [4.78, 5) is 30.6. The Balaban J connectivity index is 2.23. The maximum absolute atomic E-state index is 12.4. The van der Waals surface area contributed by atoms with Gasteiger partial charge < -0.3 is 10.2 Å². The summed E-state index contributed by atoms with van der Waals surface area (Å²) in [5, 5.41) is 3.32. The molecule has 0 aliphatic heterocycles. The number of aromatic nitrogens is 1. The number of amides is 2. The summed E-state index contributed by atoms with van der Waals surface area (Å²) in [7, 11) is 0. The van der Waals surface area contributed by atoms with E-state index in [0.717, 1.165) is 5.56 Å². The highest BCUT2D eigenvalue weighted by Gasteiger charge is 2.16. The van der Waals surface area contributed by atoms with Gasteiger partial charge in [0.05, 0.1) is 0 Å². The summed E-state index contributed by atoms with van der Waals surface area (Å²) in [6.45, 7) is 6.86. The first-order valence-corrected chi connectivity index (χ1v) is 8.17. The lowest BCUT2D eigenvalue weighted by molar-refractivity contribution is 0.0767. The number of nitrogens with one attached hydrogen (secondary N) is 1. The van der Waals surface area contributed by atoms with E-state index in [9.17, 15) is 9.59 Å². The van der Waals surface area contributed by atoms with Crippen molar-refractivity contribution in [3.05, 3.63) is 58.4 Å². The van der Waals surface area contributed by atoms with Gasteiger partial charge in [-0.25, -0.2) is 4.98 Å². The van der Waals surface area contributed by atoms with Gasteiger partial charge in [0, 0.05) is 23.8 Å². The van der Waals surface area contributed by atoms with Gasteiger partial charge in [-0.2, -0.15) is 0 Å². The highest BCUT2D eigenvalue weighted by Crippen LogP contribution is 2.20. The normalized spacial score (nSPS) is 10.3. The number of carbonyl (C=O) groups excluding carboxylic acids is 2. The summed E-state index contributed by atoms with van der Waals surface area (Å²) in [5.41, 5.74) is 1.96. The molecule has 6 heteroatoms. The number of hydrogen-bond donors (Lipinski definition) is 1. The lowest BCUT2D eigenvalue weighted by Crippen LogP contribution is -2.31. The van der Waals surface area contributed by atoms with Crippen LogP contribution in [-0.2, 0) is 0 Å². The molecule has 1 aromatic carbocycles. The Labute approximate surface area is 146 Å². The third kappa shape index (κ3) is 4.11. The van der Waals surface area contributed by atoms with E-state index in [4.69, 9.17) is 11.6 Å². The number of rotatable bonds is 5. The number of anilines is 1. The van der Waals surface area contributed by atoms with Crippen LogP contribution in [0.15, 0.2) is 36.4 Å². The Hall–Kier alpha value is -2.40. The average Bonchev–Trinajstić information content (AvgIpc) is 2.59. The van der Waals surface area contributed by atoms with Crippen molar-refractivity contribution >= 4 is 29.1 Å². The zero-order chi connectivity index (χ0) is 17.7. The van der Waals surface area contributed by atoms with Crippen LogP contribution in [0.5, 0.6) is 0 Å². The second-order valence-electron chi connectivity index (χ2n) is 5.30. The van der Waals surface area contributed by atoms with Gasteiger partial charge in [-0.1, -0.05) is 23.7 Å². The highest BCUT2D eigenvalue weighted by atomic mass is 35.5. The Bertz CT molecular complexity index is 758. The molecule has 0 radical (unpaired) electrons. The molecule has 0 fully saturated rings. The molecule has 2 aromatic rings. The van der Waals surface area contributed by atoms with E-state index >= 15 is 0 Å². The number of pyridine rings is 1. The molecule has 0 unspecified atom stereocenters. The van der Waals surface area contributed by atoms with Gasteiger partial charge in [0.25, 0.3) is 11.8 Å². The number of carbonyl (C=O) groups is 2. The summed E-state index contributed by atoms with van der Waals surface area (Å²) in [5.74, 6) is -0.567. The van der Waals surface area contributed by atoms with Crippen LogP contribution in [0.1, 0.15) is 40.4 Å². The molecule has 0 aliphatic rings. The molecule has 0 saturated carbocycles. The van der Waals surface area contributed by atoms with Gasteiger partial charge in [-0.3, -0.25) is 9.59 Å². The Morgan fingerprint density at radius 2 is 1.79 bits per heavy atom. The molecule has 2 rings (SSSR count). The maximum atomic E-state index is 12.4. The lowest BCUT2D eigenvalue weighted by Gasteiger charge is -2.18. The third-order valence-electron chi connectivity index (χ3n) is 3.70. The Morgan fingerprint density at radius 3 is 2.46 bits per heavy atom. The highest BCUT2D eigenvalue weighted by molar-refractivity contribution is 6.31. The predicted octanol–water partition coefficient (Wildman–Crippen LogP) is 3.78. The van der Waals surface area contributed by atoms with Crippen molar-refractivity contribution < 1.29 is 9.59 Å². The predicted molar refractivity (Wildman–Crippen MR) is 95.6 cm³/mol. The summed E-state index contributed by atoms with van der Waals surface area (Å²) in [6.07, 6.45) is 0. The van der Waals surface area contributed by atoms with Crippen molar-refractivity contribution in [2.45, 2.75) is 20.8 Å². The van der Waals surface area contributed by atoms with Crippen LogP contribution in [0.3, 0.4) is 0 Å². The largest absolute Gasteiger partial charge is 0.338 e. The maximum Gasteiger partial charge on any atom is 0.274 e. The van der Waals surface area contributed by atoms with Crippen LogP contribution in [0.25, 0.3) is 0 Å². The topological polar surface area (TPSA) is 62.3 Å². The molecule has 0 saturated heterocycles. The molecule has 24 heavy (non-hydrogen) atoms. The van der Waals surface area contributed by atoms with Gasteiger partial charge in [-0.05, 0) is 50.6 Å². The van der Waals surface area contributed by atoms with E-state index in [0.29, 0.717) is 23.8 Å². The average molecular weight is 346 g/mol. The molecule has 1 N–H and O–H groups in total. The monoisotopic (exact) mass is 345 g/mol. The SMILES string of the molecule is CCN(CC)C(=O)c1cccc(C(=O)Nc2cc(Cl)ccc2C)n1. The number of nitrogens with zero attached hydrogens (tertiary/aromatic N) is 2. The van der Waals surface area contributed by atoms with Crippen molar-refractivity contribution in [1.29, 1.82) is 0 Å². The van der Waals surface area contributed by atoms with Crippen LogP contribution < -0.4 is 5.32 Å². The third-order valence-corrected chi connectivity index (χ3v) is 3.93. The van der Waals surface area contributed by atoms with Crippen molar-refractivity contribution in [2.24, 2.45) is 0 Å². The fourth-order valence-electron chi connectivity index (χ4n) is 2.27. The summed E-state index contributed by atoms with van der Waals surface area (Å²) >= 11 is 5.96. The van der Waals surface area contributed by atoms with Crippen molar-refractivity contribution in [3.8, 4) is 0 Å². The molecular formula is C18H20ClN3O2. The number of aryl methyl sites for hydroxylation is 1. The van der Waals surface area contributed by atoms with E-state index in [2.05, 4.69) is 10.3 Å². The molecule has 1 aromatic heterocycles. The first-order valence-electron chi connectivity index (χ1n) is 7.80. The zero-order valence-electron chi connectivity index (χ0n) is 14.0. The molecule has 1 heterocycles. The van der Waals surface area contributed by atoms with E-state index in [1.54, 1.807) is 35.2 Å². The zero-order valence-corrected chi connectivity index (χ0v) is 14.7. The fraction of sp³-hybridized carbons (Fsp3) is 0.278. The molecule has 5 nitrogen and oxygen atoms in total. The van der Waals surface area contributed by atoms with Crippen LogP contribution in [0.4, 0.5) is 5.69 Å². The molecular weight excluding hydrogens is 326 g/mol. The van der Waals surface area contributed by atoms with Crippen LogP contribution in [0, 0.1) is 6.92 Å². The first kappa shape index (κ1) is 17.9. The lowest BCUT2D eigenvalue weighted by atomic mass is 10.2. The second kappa shape index (κ2) is 7.93. The van der Waals surface area contributed by atoms with E-state index in [1.165, 1.54) is 0 Å². The Kier molecular flexibility index (Phi) is 5.93. The minimum absolute atomic E-state index is 0.186. The second-order valence-corrected chi connectivity index (χ2v) is 5.74. The van der Waals surface area contributed by atoms with Gasteiger partial charge in [0.1, 0.15) is 11.4 Å². The molecule has 0 spiro atoms. The first-order chi connectivity index (χ1) is 11.5. The van der Waals surface area contributed by atoms with Crippen molar-refractivity contribution in [3.63, 3.8) is 0 Å². The molecule has 0 atom stereocenters. The van der Waals surface area contributed by atoms with E-state index in [-0.39, 0.29) is 23.2 Å². The molecule has 2 amide bonds. The van der Waals surface area contributed by atoms with Gasteiger partial charge in [-0.15, -0.1) is 0 Å².